The van der Waals surface area contributed by atoms with Crippen LogP contribution in [-0.2, 0) is 12.3 Å². The monoisotopic (exact) mass is 439 g/mol. The zero-order valence-corrected chi connectivity index (χ0v) is 17.4. The molecule has 1 aliphatic heterocycles. The summed E-state index contributed by atoms with van der Waals surface area (Å²) in [6.07, 6.45) is 1.45. The van der Waals surface area contributed by atoms with Crippen molar-refractivity contribution < 1.29 is 14.0 Å². The van der Waals surface area contributed by atoms with Gasteiger partial charge in [-0.3, -0.25) is 4.57 Å². The van der Waals surface area contributed by atoms with Gasteiger partial charge in [0.2, 0.25) is 11.7 Å². The highest BCUT2D eigenvalue weighted by Crippen LogP contribution is 2.36. The van der Waals surface area contributed by atoms with Crippen LogP contribution in [0.2, 0.25) is 0 Å². The number of allylic oxidation sites excluding steroid dienone is 1. The lowest BCUT2D eigenvalue weighted by Crippen LogP contribution is -2.25. The maximum absolute atomic E-state index is 6.09. The summed E-state index contributed by atoms with van der Waals surface area (Å²) in [6, 6.07) is 11.5. The maximum atomic E-state index is 6.09. The van der Waals surface area contributed by atoms with E-state index in [4.69, 9.17) is 14.0 Å². The molecule has 4 heterocycles. The number of aromatic nitrogens is 5. The number of rotatable bonds is 7. The van der Waals surface area contributed by atoms with Crippen molar-refractivity contribution in [2.24, 2.45) is 0 Å². The van der Waals surface area contributed by atoms with Crippen LogP contribution in [0.15, 0.2) is 64.1 Å². The fraction of sp³-hybridized carbons (Fsp3) is 0.200. The molecule has 30 heavy (non-hydrogen) atoms. The second-order valence-corrected chi connectivity index (χ2v) is 8.27. The molecule has 5 rings (SSSR count). The van der Waals surface area contributed by atoms with Crippen LogP contribution in [0.3, 0.4) is 0 Å². The molecule has 10 heteroatoms. The Labute approximate surface area is 180 Å². The van der Waals surface area contributed by atoms with E-state index >= 15 is 0 Å². The molecule has 152 valence electrons. The first kappa shape index (κ1) is 18.9. The summed E-state index contributed by atoms with van der Waals surface area (Å²) in [4.78, 5) is 5.43. The van der Waals surface area contributed by atoms with Crippen LogP contribution in [-0.4, -0.2) is 31.5 Å². The van der Waals surface area contributed by atoms with E-state index in [1.54, 1.807) is 17.4 Å². The predicted molar refractivity (Wildman–Crippen MR) is 113 cm³/mol. The van der Waals surface area contributed by atoms with Gasteiger partial charge in [-0.1, -0.05) is 41.2 Å². The Hall–Kier alpha value is -3.11. The fourth-order valence-electron chi connectivity index (χ4n) is 3.04. The highest BCUT2D eigenvalue weighted by molar-refractivity contribution is 7.98. The summed E-state index contributed by atoms with van der Waals surface area (Å²) in [7, 11) is 0. The van der Waals surface area contributed by atoms with Crippen LogP contribution in [0, 0.1) is 0 Å². The lowest BCUT2D eigenvalue weighted by atomic mass is 10.2. The Morgan fingerprint density at radius 2 is 2.10 bits per heavy atom. The van der Waals surface area contributed by atoms with Gasteiger partial charge in [0.25, 0.3) is 0 Å². The molecule has 0 radical (unpaired) electrons. The van der Waals surface area contributed by atoms with Gasteiger partial charge < -0.3 is 14.0 Å². The molecule has 0 N–H and O–H groups in total. The summed E-state index contributed by atoms with van der Waals surface area (Å²) in [5, 5.41) is 15.5. The first-order chi connectivity index (χ1) is 14.8. The van der Waals surface area contributed by atoms with Crippen molar-refractivity contribution in [2.45, 2.75) is 23.6 Å². The minimum atomic E-state index is -0.351. The molecule has 0 saturated carbocycles. The summed E-state index contributed by atoms with van der Waals surface area (Å²) in [5.74, 6) is 3.74. The third-order valence-corrected chi connectivity index (χ3v) is 6.21. The molecular weight excluding hydrogens is 422 g/mol. The normalized spacial score (nSPS) is 15.3. The van der Waals surface area contributed by atoms with Crippen LogP contribution in [0.25, 0.3) is 10.7 Å². The molecule has 0 spiro atoms. The summed E-state index contributed by atoms with van der Waals surface area (Å²) in [6.45, 7) is 4.77. The smallest absolute Gasteiger partial charge is 0.237 e. The van der Waals surface area contributed by atoms with Gasteiger partial charge in [-0.2, -0.15) is 4.98 Å². The van der Waals surface area contributed by atoms with E-state index in [2.05, 4.69) is 26.9 Å². The summed E-state index contributed by atoms with van der Waals surface area (Å²) >= 11 is 3.05. The van der Waals surface area contributed by atoms with Crippen LogP contribution in [0.4, 0.5) is 0 Å². The van der Waals surface area contributed by atoms with Gasteiger partial charge in [0.15, 0.2) is 28.6 Å². The molecule has 0 aliphatic carbocycles. The van der Waals surface area contributed by atoms with E-state index in [9.17, 15) is 0 Å². The first-order valence-corrected chi connectivity index (χ1v) is 11.1. The lowest BCUT2D eigenvalue weighted by Gasteiger charge is -2.26. The van der Waals surface area contributed by atoms with E-state index < -0.39 is 0 Å². The van der Waals surface area contributed by atoms with Crippen LogP contribution in [0.1, 0.15) is 17.8 Å². The van der Waals surface area contributed by atoms with E-state index in [-0.39, 0.29) is 6.10 Å². The van der Waals surface area contributed by atoms with Gasteiger partial charge >= 0.3 is 0 Å². The highest BCUT2D eigenvalue weighted by Gasteiger charge is 2.28. The predicted octanol–water partition coefficient (Wildman–Crippen LogP) is 4.38. The number of hydrogen-bond acceptors (Lipinski definition) is 9. The van der Waals surface area contributed by atoms with Gasteiger partial charge in [0.1, 0.15) is 6.61 Å². The molecule has 1 unspecified atom stereocenters. The highest BCUT2D eigenvalue weighted by atomic mass is 32.2. The quantitative estimate of drug-likeness (QED) is 0.310. The second kappa shape index (κ2) is 8.33. The van der Waals surface area contributed by atoms with Crippen molar-refractivity contribution in [3.05, 3.63) is 66.1 Å². The third kappa shape index (κ3) is 3.71. The second-order valence-electron chi connectivity index (χ2n) is 6.38. The van der Waals surface area contributed by atoms with Crippen molar-refractivity contribution >= 4 is 23.1 Å². The maximum Gasteiger partial charge on any atom is 0.237 e. The summed E-state index contributed by atoms with van der Waals surface area (Å²) < 4.78 is 19.3. The van der Waals surface area contributed by atoms with Crippen LogP contribution in [0.5, 0.6) is 11.5 Å². The number of benzene rings is 1. The molecule has 8 nitrogen and oxygen atoms in total. The molecule has 1 atom stereocenters. The van der Waals surface area contributed by atoms with Crippen molar-refractivity contribution in [1.29, 1.82) is 0 Å². The molecular formula is C20H17N5O3S2. The van der Waals surface area contributed by atoms with Gasteiger partial charge in [-0.25, -0.2) is 0 Å². The minimum absolute atomic E-state index is 0.351. The number of ether oxygens (including phenoxy) is 2. The first-order valence-electron chi connectivity index (χ1n) is 9.23. The Kier molecular flexibility index (Phi) is 5.24. The Morgan fingerprint density at radius 3 is 2.93 bits per heavy atom. The molecule has 4 aromatic rings. The van der Waals surface area contributed by atoms with Crippen LogP contribution >= 0.6 is 23.1 Å². The fourth-order valence-corrected chi connectivity index (χ4v) is 4.48. The van der Waals surface area contributed by atoms with E-state index in [0.29, 0.717) is 42.2 Å². The van der Waals surface area contributed by atoms with E-state index in [1.807, 2.05) is 46.3 Å². The molecule has 0 fully saturated rings. The lowest BCUT2D eigenvalue weighted by molar-refractivity contribution is 0.0821. The van der Waals surface area contributed by atoms with E-state index in [1.165, 1.54) is 11.8 Å². The van der Waals surface area contributed by atoms with Crippen molar-refractivity contribution in [3.63, 3.8) is 0 Å². The Morgan fingerprint density at radius 1 is 1.20 bits per heavy atom. The molecule has 0 bridgehead atoms. The number of thiophene rings is 1. The van der Waals surface area contributed by atoms with Gasteiger partial charge in [-0.05, 0) is 23.6 Å². The standard InChI is InChI=1S/C20H17N5O3S2/c1-2-9-25-19(15-11-26-13-6-3-4-7-14(13)27-15)22-23-20(25)30-12-17-21-18(24-28-17)16-8-5-10-29-16/h2-8,10,15H,1,9,11-12H2. The molecule has 1 aliphatic rings. The SMILES string of the molecule is C=CCn1c(SCc2nc(-c3cccs3)no2)nnc1C1COc2ccccc2O1. The van der Waals surface area contributed by atoms with Crippen molar-refractivity contribution in [3.8, 4) is 22.2 Å². The third-order valence-electron chi connectivity index (χ3n) is 4.39. The van der Waals surface area contributed by atoms with Gasteiger partial charge in [0.05, 0.1) is 10.6 Å². The number of hydrogen-bond donors (Lipinski definition) is 0. The number of fused-ring (bicyclic) bond motifs is 1. The van der Waals surface area contributed by atoms with E-state index in [0.717, 1.165) is 15.8 Å². The molecule has 1 aromatic carbocycles. The summed E-state index contributed by atoms with van der Waals surface area (Å²) in [5.41, 5.74) is 0. The minimum Gasteiger partial charge on any atom is -0.485 e. The van der Waals surface area contributed by atoms with Crippen molar-refractivity contribution in [2.75, 3.05) is 6.61 Å². The van der Waals surface area contributed by atoms with Gasteiger partial charge in [-0.15, -0.1) is 28.1 Å². The molecule has 0 saturated heterocycles. The average Bonchev–Trinajstić information content (AvgIpc) is 3.53. The zero-order valence-electron chi connectivity index (χ0n) is 15.8. The Bertz CT molecular complexity index is 1160. The largest absolute Gasteiger partial charge is 0.485 e. The van der Waals surface area contributed by atoms with Gasteiger partial charge in [0, 0.05) is 6.54 Å². The topological polar surface area (TPSA) is 88.1 Å². The Balaban J connectivity index is 1.33. The van der Waals surface area contributed by atoms with Crippen molar-refractivity contribution in [1.82, 2.24) is 24.9 Å². The average molecular weight is 440 g/mol. The molecule has 0 amide bonds. The van der Waals surface area contributed by atoms with Crippen LogP contribution < -0.4 is 9.47 Å². The molecule has 3 aromatic heterocycles. The number of thioether (sulfide) groups is 1. The number of nitrogens with zero attached hydrogens (tertiary/aromatic N) is 5. The zero-order chi connectivity index (χ0) is 20.3. The number of para-hydroxylation sites is 2.